The van der Waals surface area contributed by atoms with E-state index < -0.39 is 170 Å². The van der Waals surface area contributed by atoms with Crippen molar-refractivity contribution in [1.82, 2.24) is 0 Å². The number of hydrogen-bond acceptors (Lipinski definition) is 2. The molecule has 0 aromatic heterocycles. The van der Waals surface area contributed by atoms with Crippen molar-refractivity contribution in [3.8, 4) is 18.7 Å². The van der Waals surface area contributed by atoms with E-state index in [-0.39, 0.29) is 0 Å². The minimum absolute atomic E-state index is 1.33. The Hall–Kier alpha value is -2.82. The van der Waals surface area contributed by atoms with Gasteiger partial charge in [-0.15, -0.1) is 0 Å². The second-order valence-electron chi connectivity index (χ2n) is 13.2. The van der Waals surface area contributed by atoms with Crippen LogP contribution in [0.2, 0.25) is 0 Å². The van der Waals surface area contributed by atoms with Crippen LogP contribution in [0.1, 0.15) is 0 Å². The van der Waals surface area contributed by atoms with E-state index in [1.54, 1.807) is 6.86 Å². The molecule has 0 rings (SSSR count). The van der Waals surface area contributed by atoms with E-state index in [1.807, 2.05) is 0 Å². The van der Waals surface area contributed by atoms with E-state index in [9.17, 15) is 176 Å². The van der Waals surface area contributed by atoms with Crippen molar-refractivity contribution >= 4 is 0 Å². The van der Waals surface area contributed by atoms with Gasteiger partial charge in [-0.25, -0.2) is 17.6 Å². The van der Waals surface area contributed by atoms with E-state index in [2.05, 4.69) is 9.47 Å². The number of alkyl halides is 40. The molecule has 0 saturated carbocycles. The third kappa shape index (κ3) is 9.97. The molecule has 0 spiro atoms. The molecule has 0 aliphatic heterocycles. The summed E-state index contributed by atoms with van der Waals surface area (Å²) in [6.07, 6.45) is -12.6. The molecule has 0 aliphatic rings. The van der Waals surface area contributed by atoms with Crippen LogP contribution in [0.25, 0.3) is 0 Å². The number of halogens is 40. The van der Waals surface area contributed by atoms with Crippen LogP contribution in [0.5, 0.6) is 0 Å². The average Bonchev–Trinajstić information content (AvgIpc) is 3.18. The van der Waals surface area contributed by atoms with Crippen molar-refractivity contribution in [1.29, 1.82) is 0 Å². The summed E-state index contributed by atoms with van der Waals surface area (Å²) in [6.45, 7) is -10.9. The molecule has 0 bridgehead atoms. The van der Waals surface area contributed by atoms with Gasteiger partial charge in [0.2, 0.25) is 0 Å². The maximum absolute atomic E-state index is 13.9. The summed E-state index contributed by atoms with van der Waals surface area (Å²) in [4.78, 5) is 0. The van der Waals surface area contributed by atoms with Crippen LogP contribution in [0, 0.1) is 18.7 Å². The summed E-state index contributed by atoms with van der Waals surface area (Å²) >= 11 is -3.51. The first kappa shape index (κ1) is 68.2. The second-order valence-corrected chi connectivity index (χ2v) is 17.3. The number of rotatable bonds is 24. The van der Waals surface area contributed by atoms with E-state index in [0.29, 0.717) is 0 Å². The van der Waals surface area contributed by atoms with Gasteiger partial charge in [0.05, 0.1) is 0 Å². The standard InChI is InChI=1S/2C14H5F20O.Hg/c2*1-2-3-35-4-6(17,18)8(21,22)10(25,26)12(29,30)14(33,34)13(31,32)11(27,28)9(23,24)7(19,20)5(15)16;/h2*5H,3-4H2;. The molecule has 0 fully saturated rings. The molecule has 71 heavy (non-hydrogen) atoms. The predicted molar refractivity (Wildman–Crippen MR) is 138 cm³/mol. The summed E-state index contributed by atoms with van der Waals surface area (Å²) in [6, 6.07) is 0. The fourth-order valence-electron chi connectivity index (χ4n) is 4.04. The Bertz CT molecular complexity index is 1820. The SMILES string of the molecule is FC(F)C(F)(F)C(F)(F)C(F)(F)C(F)(F)C(F)(F)C(F)(F)C(F)(F)C(F)(F)C(F)(F)COCC#[C][Hg][C]#CCOCC(F)(F)C(F)(F)C(F)(F)C(F)(F)C(F)(F)C(F)(F)C(F)(F)C(F)(F)C(F)(F)C(F)F. The zero-order chi connectivity index (χ0) is 57.9. The van der Waals surface area contributed by atoms with E-state index >= 15 is 0 Å². The molecular formula is C28H10F40HgO2. The molecule has 0 aromatic rings. The van der Waals surface area contributed by atoms with Gasteiger partial charge in [0.25, 0.3) is 0 Å². The molecule has 0 heterocycles. The zero-order valence-corrected chi connectivity index (χ0v) is 37.1. The monoisotopic (exact) mass is 1340 g/mol. The minimum Gasteiger partial charge on any atom is -0.203 e. The summed E-state index contributed by atoms with van der Waals surface area (Å²) < 4.78 is 549. The Morgan fingerprint density at radius 1 is 0.268 bits per heavy atom. The molecule has 0 unspecified atom stereocenters. The summed E-state index contributed by atoms with van der Waals surface area (Å²) in [5.41, 5.74) is 0. The van der Waals surface area contributed by atoms with Crippen LogP contribution in [0.3, 0.4) is 0 Å². The first-order valence-corrected chi connectivity index (χ1v) is 21.5. The van der Waals surface area contributed by atoms with Gasteiger partial charge < -0.3 is 0 Å². The molecular weight excluding hydrogens is 1330 g/mol. The van der Waals surface area contributed by atoms with Crippen molar-refractivity contribution in [2.24, 2.45) is 0 Å². The molecule has 2 nitrogen and oxygen atoms in total. The fourth-order valence-corrected chi connectivity index (χ4v) is 6.15. The van der Waals surface area contributed by atoms with Crippen molar-refractivity contribution in [2.45, 2.75) is 119 Å². The summed E-state index contributed by atoms with van der Waals surface area (Å²) in [7, 11) is 0. The molecule has 416 valence electrons. The van der Waals surface area contributed by atoms with Crippen molar-refractivity contribution in [2.75, 3.05) is 26.4 Å². The maximum atomic E-state index is 13.9. The van der Waals surface area contributed by atoms with Crippen LogP contribution < -0.4 is 0 Å². The average molecular weight is 1340 g/mol. The summed E-state index contributed by atoms with van der Waals surface area (Å²) in [5, 5.41) is 0. The predicted octanol–water partition coefficient (Wildman–Crippen LogP) is 13.0. The van der Waals surface area contributed by atoms with E-state index in [0.717, 1.165) is 0 Å². The van der Waals surface area contributed by atoms with Crippen LogP contribution in [0.4, 0.5) is 176 Å². The summed E-state index contributed by atoms with van der Waals surface area (Å²) in [5.74, 6) is -153. The Labute approximate surface area is 374 Å². The van der Waals surface area contributed by atoms with Gasteiger partial charge in [0, 0.05) is 0 Å². The molecule has 0 amide bonds. The quantitative estimate of drug-likeness (QED) is 0.0415. The Morgan fingerprint density at radius 2 is 0.437 bits per heavy atom. The van der Waals surface area contributed by atoms with Crippen LogP contribution in [-0.2, 0) is 34.0 Å². The molecule has 0 radical (unpaired) electrons. The van der Waals surface area contributed by atoms with Gasteiger partial charge in [0.15, 0.2) is 0 Å². The van der Waals surface area contributed by atoms with Gasteiger partial charge >= 0.3 is 304 Å². The van der Waals surface area contributed by atoms with E-state index in [1.165, 1.54) is 11.8 Å². The third-order valence-corrected chi connectivity index (χ3v) is 11.7. The van der Waals surface area contributed by atoms with Gasteiger partial charge in [-0.3, -0.25) is 0 Å². The molecule has 0 saturated heterocycles. The van der Waals surface area contributed by atoms with Crippen molar-refractivity contribution in [3.05, 3.63) is 0 Å². The van der Waals surface area contributed by atoms with Gasteiger partial charge in [-0.05, 0) is 0 Å². The fraction of sp³-hybridized carbons (Fsp3) is 0.857. The second kappa shape index (κ2) is 19.7. The first-order valence-electron chi connectivity index (χ1n) is 16.0. The van der Waals surface area contributed by atoms with E-state index in [4.69, 9.17) is 0 Å². The first-order chi connectivity index (χ1) is 30.6. The smallest absolute Gasteiger partial charge is 0.203 e. The van der Waals surface area contributed by atoms with Gasteiger partial charge in [-0.1, -0.05) is 0 Å². The number of hydrogen-bond donors (Lipinski definition) is 0. The molecule has 0 N–H and O–H groups in total. The van der Waals surface area contributed by atoms with Crippen LogP contribution >= 0.6 is 0 Å². The van der Waals surface area contributed by atoms with Gasteiger partial charge in [-0.2, -0.15) is 52.7 Å². The van der Waals surface area contributed by atoms with Crippen LogP contribution in [-0.4, -0.2) is 146 Å². The molecule has 0 atom stereocenters. The Kier molecular flexibility index (Phi) is 18.9. The minimum atomic E-state index is -9.31. The topological polar surface area (TPSA) is 18.5 Å². The Balaban J connectivity index is 6.07. The Morgan fingerprint density at radius 3 is 0.620 bits per heavy atom. The normalized spacial score (nSPS) is 15.9. The van der Waals surface area contributed by atoms with Gasteiger partial charge in [0.1, 0.15) is 0 Å². The third-order valence-electron chi connectivity index (χ3n) is 8.38. The molecule has 0 aromatic carbocycles. The zero-order valence-electron chi connectivity index (χ0n) is 31.6. The number of ether oxygens (including phenoxy) is 2. The molecule has 0 aliphatic carbocycles. The van der Waals surface area contributed by atoms with Crippen molar-refractivity contribution < 1.29 is 210 Å². The molecule has 43 heteroatoms. The van der Waals surface area contributed by atoms with Crippen LogP contribution in [0.15, 0.2) is 0 Å². The van der Waals surface area contributed by atoms with Crippen molar-refractivity contribution in [3.63, 3.8) is 0 Å².